The molecular weight excluding hydrogens is 480 g/mol. The lowest BCUT2D eigenvalue weighted by molar-refractivity contribution is -0.146. The highest BCUT2D eigenvalue weighted by Gasteiger charge is 2.62. The predicted octanol–water partition coefficient (Wildman–Crippen LogP) is 5.26. The van der Waals surface area contributed by atoms with Gasteiger partial charge in [0.15, 0.2) is 0 Å². The van der Waals surface area contributed by atoms with Crippen LogP contribution in [0.15, 0.2) is 66.7 Å². The van der Waals surface area contributed by atoms with Crippen LogP contribution in [0.25, 0.3) is 0 Å². The monoisotopic (exact) mass is 510 g/mol. The second kappa shape index (κ2) is 9.18. The van der Waals surface area contributed by atoms with E-state index < -0.39 is 17.9 Å². The summed E-state index contributed by atoms with van der Waals surface area (Å²) in [6.45, 7) is 3.92. The van der Waals surface area contributed by atoms with E-state index >= 15 is 0 Å². The third-order valence-corrected chi connectivity index (χ3v) is 8.99. The maximum atomic E-state index is 14.2. The minimum Gasteiger partial charge on any atom is -0.324 e. The molecule has 2 bridgehead atoms. The maximum absolute atomic E-state index is 14.2. The average Bonchev–Trinajstić information content (AvgIpc) is 3.17. The largest absolute Gasteiger partial charge is 0.324 e. The number of thioether (sulfide) groups is 1. The van der Waals surface area contributed by atoms with E-state index in [9.17, 15) is 14.4 Å². The van der Waals surface area contributed by atoms with Gasteiger partial charge < -0.3 is 5.32 Å². The van der Waals surface area contributed by atoms with Gasteiger partial charge >= 0.3 is 0 Å². The summed E-state index contributed by atoms with van der Waals surface area (Å²) in [7, 11) is 0. The smallest absolute Gasteiger partial charge is 0.247 e. The van der Waals surface area contributed by atoms with Crippen molar-refractivity contribution in [3.05, 3.63) is 100 Å². The summed E-state index contributed by atoms with van der Waals surface area (Å²) in [5.41, 5.74) is 7.24. The number of anilines is 1. The van der Waals surface area contributed by atoms with Crippen LogP contribution in [0.3, 0.4) is 0 Å². The molecule has 188 valence electrons. The van der Waals surface area contributed by atoms with Gasteiger partial charge in [0.1, 0.15) is 6.04 Å². The molecule has 6 heteroatoms. The van der Waals surface area contributed by atoms with Crippen LogP contribution in [-0.4, -0.2) is 40.7 Å². The molecule has 1 N–H and O–H groups in total. The van der Waals surface area contributed by atoms with Crippen LogP contribution in [-0.2, 0) is 14.4 Å². The van der Waals surface area contributed by atoms with Crippen LogP contribution in [0.4, 0.5) is 5.69 Å². The highest BCUT2D eigenvalue weighted by molar-refractivity contribution is 7.98. The first-order valence-electron chi connectivity index (χ1n) is 12.8. The average molecular weight is 511 g/mol. The van der Waals surface area contributed by atoms with Gasteiger partial charge in [0.25, 0.3) is 0 Å². The standard InChI is InChI=1S/C31H30N2O3S/c1-17-12-13-18(2)23(16-17)32-29(34)24(14-15-37-3)33-30(35)27-25-19-8-4-5-9-20(19)26(28(27)31(33)36)22-11-7-6-10-21(22)25/h4-13,16,24-28H,14-15H2,1-3H3,(H,32,34)/t24-,25?,26?,27-,28+/m1/s1. The van der Waals surface area contributed by atoms with Crippen molar-refractivity contribution in [2.75, 3.05) is 17.3 Å². The van der Waals surface area contributed by atoms with Crippen molar-refractivity contribution in [1.82, 2.24) is 4.90 Å². The first-order chi connectivity index (χ1) is 17.9. The van der Waals surface area contributed by atoms with Gasteiger partial charge in [0.05, 0.1) is 11.8 Å². The summed E-state index contributed by atoms with van der Waals surface area (Å²) in [6.07, 6.45) is 2.39. The zero-order valence-corrected chi connectivity index (χ0v) is 22.0. The number of amides is 3. The SMILES string of the molecule is CSCC[C@H](C(=O)Nc1cc(C)ccc1C)N1C(=O)[C@@H]2C3c4ccccc4C(c4ccccc43)[C@@H]2C1=O. The van der Waals surface area contributed by atoms with Crippen LogP contribution in [0.5, 0.6) is 0 Å². The summed E-state index contributed by atoms with van der Waals surface area (Å²) in [4.78, 5) is 43.4. The van der Waals surface area contributed by atoms with Crippen LogP contribution in [0.1, 0.15) is 51.6 Å². The third-order valence-electron chi connectivity index (χ3n) is 8.34. The first-order valence-corrected chi connectivity index (χ1v) is 14.2. The van der Waals surface area contributed by atoms with E-state index in [0.717, 1.165) is 39.1 Å². The molecule has 0 radical (unpaired) electrons. The molecule has 1 saturated heterocycles. The molecule has 0 aromatic heterocycles. The van der Waals surface area contributed by atoms with Gasteiger partial charge in [-0.1, -0.05) is 60.7 Å². The molecule has 7 rings (SSSR count). The van der Waals surface area contributed by atoms with Gasteiger partial charge in [-0.05, 0) is 71.7 Å². The minimum atomic E-state index is -0.844. The van der Waals surface area contributed by atoms with Gasteiger partial charge in [-0.25, -0.2) is 0 Å². The van der Waals surface area contributed by atoms with Crippen molar-refractivity contribution in [3.8, 4) is 0 Å². The van der Waals surface area contributed by atoms with E-state index in [2.05, 4.69) is 29.6 Å². The quantitative estimate of drug-likeness (QED) is 0.460. The molecule has 1 heterocycles. The Morgan fingerprint density at radius 1 is 0.865 bits per heavy atom. The molecule has 3 atom stereocenters. The molecule has 3 aromatic carbocycles. The number of imide groups is 1. The zero-order valence-electron chi connectivity index (χ0n) is 21.2. The number of aryl methyl sites for hydroxylation is 2. The van der Waals surface area contributed by atoms with E-state index in [1.54, 1.807) is 11.8 Å². The molecule has 37 heavy (non-hydrogen) atoms. The van der Waals surface area contributed by atoms with Crippen molar-refractivity contribution in [3.63, 3.8) is 0 Å². The zero-order chi connectivity index (χ0) is 25.8. The van der Waals surface area contributed by atoms with Gasteiger partial charge in [-0.15, -0.1) is 0 Å². The Morgan fingerprint density at radius 2 is 1.38 bits per heavy atom. The molecule has 0 unspecified atom stereocenters. The number of benzene rings is 3. The minimum absolute atomic E-state index is 0.174. The van der Waals surface area contributed by atoms with E-state index in [4.69, 9.17) is 0 Å². The molecule has 4 aliphatic rings. The molecular formula is C31H30N2O3S. The Hall–Kier alpha value is -3.38. The molecule has 0 saturated carbocycles. The Labute approximate surface area is 221 Å². The third kappa shape index (κ3) is 3.64. The van der Waals surface area contributed by atoms with Gasteiger partial charge in [-0.3, -0.25) is 19.3 Å². The van der Waals surface area contributed by atoms with Crippen molar-refractivity contribution in [2.45, 2.75) is 38.1 Å². The van der Waals surface area contributed by atoms with Crippen molar-refractivity contribution >= 4 is 35.2 Å². The molecule has 3 aromatic rings. The van der Waals surface area contributed by atoms with Gasteiger partial charge in [0.2, 0.25) is 17.7 Å². The van der Waals surface area contributed by atoms with Crippen LogP contribution < -0.4 is 5.32 Å². The molecule has 3 amide bonds. The Balaban J connectivity index is 1.40. The lowest BCUT2D eigenvalue weighted by Crippen LogP contribution is -2.48. The van der Waals surface area contributed by atoms with Crippen LogP contribution in [0, 0.1) is 25.7 Å². The number of carbonyl (C=O) groups excluding carboxylic acids is 3. The lowest BCUT2D eigenvalue weighted by atomic mass is 9.55. The molecule has 0 spiro atoms. The van der Waals surface area contributed by atoms with Crippen molar-refractivity contribution < 1.29 is 14.4 Å². The molecule has 1 aliphatic heterocycles. The summed E-state index contributed by atoms with van der Waals surface area (Å²) >= 11 is 1.61. The number of hydrogen-bond donors (Lipinski definition) is 1. The number of nitrogens with zero attached hydrogens (tertiary/aromatic N) is 1. The van der Waals surface area contributed by atoms with Crippen LogP contribution >= 0.6 is 11.8 Å². The van der Waals surface area contributed by atoms with Gasteiger partial charge in [0, 0.05) is 17.5 Å². The second-order valence-electron chi connectivity index (χ2n) is 10.4. The van der Waals surface area contributed by atoms with E-state index in [1.807, 2.05) is 62.6 Å². The Morgan fingerprint density at radius 3 is 1.86 bits per heavy atom. The number of nitrogens with one attached hydrogen (secondary N) is 1. The maximum Gasteiger partial charge on any atom is 0.247 e. The van der Waals surface area contributed by atoms with E-state index in [1.165, 1.54) is 4.90 Å². The van der Waals surface area contributed by atoms with Crippen molar-refractivity contribution in [2.24, 2.45) is 11.8 Å². The molecule has 5 nitrogen and oxygen atoms in total. The molecule has 3 aliphatic carbocycles. The fourth-order valence-electron chi connectivity index (χ4n) is 6.70. The van der Waals surface area contributed by atoms with E-state index in [-0.39, 0.29) is 29.6 Å². The van der Waals surface area contributed by atoms with Crippen molar-refractivity contribution in [1.29, 1.82) is 0 Å². The lowest BCUT2D eigenvalue weighted by Gasteiger charge is -2.45. The summed E-state index contributed by atoms with van der Waals surface area (Å²) in [5, 5.41) is 3.04. The number of hydrogen-bond acceptors (Lipinski definition) is 4. The highest BCUT2D eigenvalue weighted by Crippen LogP contribution is 2.61. The fraction of sp³-hybridized carbons (Fsp3) is 0.323. The highest BCUT2D eigenvalue weighted by atomic mass is 32.2. The fourth-order valence-corrected chi connectivity index (χ4v) is 7.16. The Bertz CT molecular complexity index is 1320. The normalized spacial score (nSPS) is 23.9. The van der Waals surface area contributed by atoms with E-state index in [0.29, 0.717) is 12.2 Å². The number of rotatable bonds is 6. The second-order valence-corrected chi connectivity index (χ2v) is 11.4. The predicted molar refractivity (Wildman–Crippen MR) is 147 cm³/mol. The van der Waals surface area contributed by atoms with Crippen LogP contribution in [0.2, 0.25) is 0 Å². The summed E-state index contributed by atoms with van der Waals surface area (Å²) in [5.74, 6) is -1.36. The first kappa shape index (κ1) is 24.0. The van der Waals surface area contributed by atoms with Gasteiger partial charge in [-0.2, -0.15) is 11.8 Å². The Kier molecular flexibility index (Phi) is 5.95. The summed E-state index contributed by atoms with van der Waals surface area (Å²) in [6, 6.07) is 21.5. The number of likely N-dealkylation sites (tertiary alicyclic amines) is 1. The number of carbonyl (C=O) groups is 3. The molecule has 1 fully saturated rings. The summed E-state index contributed by atoms with van der Waals surface area (Å²) < 4.78 is 0. The topological polar surface area (TPSA) is 66.5 Å².